The first-order valence-electron chi connectivity index (χ1n) is 6.65. The number of rotatable bonds is 6. The Balaban J connectivity index is 2.99. The minimum absolute atomic E-state index is 0.130. The van der Waals surface area contributed by atoms with E-state index in [0.717, 1.165) is 42.6 Å². The molecule has 18 heavy (non-hydrogen) atoms. The summed E-state index contributed by atoms with van der Waals surface area (Å²) in [5.74, 6) is 0.130. The predicted molar refractivity (Wildman–Crippen MR) is 77.8 cm³/mol. The molecular weight excluding hydrogens is 222 g/mol. The van der Waals surface area contributed by atoms with Crippen LogP contribution in [0.15, 0.2) is 24.8 Å². The van der Waals surface area contributed by atoms with Gasteiger partial charge in [-0.3, -0.25) is 4.79 Å². The molecule has 0 saturated carbocycles. The van der Waals surface area contributed by atoms with Crippen LogP contribution in [0.5, 0.6) is 0 Å². The lowest BCUT2D eigenvalue weighted by Crippen LogP contribution is -2.32. The second kappa shape index (κ2) is 7.00. The van der Waals surface area contributed by atoms with Gasteiger partial charge in [0.25, 0.3) is 5.91 Å². The van der Waals surface area contributed by atoms with Crippen molar-refractivity contribution in [3.63, 3.8) is 0 Å². The molecule has 0 heterocycles. The number of hydrogen-bond acceptors (Lipinski definition) is 1. The van der Waals surface area contributed by atoms with Crippen LogP contribution in [0.4, 0.5) is 0 Å². The maximum Gasteiger partial charge on any atom is 0.253 e. The highest BCUT2D eigenvalue weighted by Crippen LogP contribution is 2.13. The van der Waals surface area contributed by atoms with Gasteiger partial charge in [0.1, 0.15) is 0 Å². The van der Waals surface area contributed by atoms with Crippen molar-refractivity contribution in [2.75, 3.05) is 13.1 Å². The zero-order valence-corrected chi connectivity index (χ0v) is 11.7. The van der Waals surface area contributed by atoms with Gasteiger partial charge in [-0.2, -0.15) is 0 Å². The number of aryl methyl sites for hydroxylation is 1. The first-order valence-corrected chi connectivity index (χ1v) is 6.65. The average Bonchev–Trinajstić information content (AvgIpc) is 2.36. The van der Waals surface area contributed by atoms with Crippen molar-refractivity contribution in [3.8, 4) is 0 Å². The summed E-state index contributed by atoms with van der Waals surface area (Å²) in [6.07, 6.45) is 3.77. The van der Waals surface area contributed by atoms with Gasteiger partial charge in [0.15, 0.2) is 0 Å². The summed E-state index contributed by atoms with van der Waals surface area (Å²) in [5, 5.41) is 0. The van der Waals surface area contributed by atoms with E-state index in [9.17, 15) is 4.79 Å². The number of hydrogen-bond donors (Lipinski definition) is 0. The van der Waals surface area contributed by atoms with Gasteiger partial charge in [0.05, 0.1) is 0 Å². The van der Waals surface area contributed by atoms with E-state index in [1.54, 1.807) is 6.08 Å². The second-order valence-electron chi connectivity index (χ2n) is 4.63. The Bertz CT molecular complexity index is 417. The highest BCUT2D eigenvalue weighted by Gasteiger charge is 2.14. The molecule has 1 amide bonds. The van der Waals surface area contributed by atoms with E-state index in [0.29, 0.717) is 0 Å². The van der Waals surface area contributed by atoms with Gasteiger partial charge in [-0.1, -0.05) is 32.6 Å². The van der Waals surface area contributed by atoms with Gasteiger partial charge in [0, 0.05) is 18.7 Å². The van der Waals surface area contributed by atoms with Crippen molar-refractivity contribution in [1.82, 2.24) is 4.90 Å². The van der Waals surface area contributed by atoms with E-state index in [1.807, 2.05) is 30.0 Å². The van der Waals surface area contributed by atoms with Gasteiger partial charge >= 0.3 is 0 Å². The Labute approximate surface area is 110 Å². The molecule has 0 aliphatic carbocycles. The molecule has 2 heteroatoms. The van der Waals surface area contributed by atoms with Crippen LogP contribution in [0.1, 0.15) is 48.2 Å². The number of nitrogens with zero attached hydrogens (tertiary/aromatic N) is 1. The first-order chi connectivity index (χ1) is 8.62. The minimum atomic E-state index is 0.130. The third-order valence-corrected chi connectivity index (χ3v) is 2.86. The van der Waals surface area contributed by atoms with Crippen molar-refractivity contribution in [2.45, 2.75) is 33.6 Å². The smallest absolute Gasteiger partial charge is 0.253 e. The predicted octanol–water partition coefficient (Wildman–Crippen LogP) is 3.90. The lowest BCUT2D eigenvalue weighted by atomic mass is 10.1. The van der Waals surface area contributed by atoms with Crippen molar-refractivity contribution >= 4 is 12.0 Å². The molecular formula is C16H23NO. The molecule has 0 fully saturated rings. The van der Waals surface area contributed by atoms with E-state index in [-0.39, 0.29) is 5.91 Å². The summed E-state index contributed by atoms with van der Waals surface area (Å²) < 4.78 is 0. The third kappa shape index (κ3) is 3.73. The van der Waals surface area contributed by atoms with Crippen molar-refractivity contribution < 1.29 is 4.79 Å². The van der Waals surface area contributed by atoms with Crippen LogP contribution >= 0.6 is 0 Å². The number of benzene rings is 1. The summed E-state index contributed by atoms with van der Waals surface area (Å²) >= 11 is 0. The average molecular weight is 245 g/mol. The summed E-state index contributed by atoms with van der Waals surface area (Å²) in [7, 11) is 0. The highest BCUT2D eigenvalue weighted by molar-refractivity contribution is 5.95. The van der Waals surface area contributed by atoms with Crippen LogP contribution in [0, 0.1) is 6.92 Å². The van der Waals surface area contributed by atoms with Crippen molar-refractivity contribution in [2.24, 2.45) is 0 Å². The summed E-state index contributed by atoms with van der Waals surface area (Å²) in [5.41, 5.74) is 2.88. The fraction of sp³-hybridized carbons (Fsp3) is 0.438. The van der Waals surface area contributed by atoms with E-state index in [4.69, 9.17) is 0 Å². The molecule has 0 unspecified atom stereocenters. The first kappa shape index (κ1) is 14.5. The molecule has 1 aromatic carbocycles. The molecule has 1 rings (SSSR count). The fourth-order valence-electron chi connectivity index (χ4n) is 2.09. The molecule has 0 aromatic heterocycles. The highest BCUT2D eigenvalue weighted by atomic mass is 16.2. The largest absolute Gasteiger partial charge is 0.339 e. The normalized spacial score (nSPS) is 10.2. The molecule has 98 valence electrons. The molecule has 0 saturated heterocycles. The van der Waals surface area contributed by atoms with E-state index in [1.165, 1.54) is 0 Å². The monoisotopic (exact) mass is 245 g/mol. The number of carbonyl (C=O) groups is 1. The van der Waals surface area contributed by atoms with Crippen LogP contribution in [-0.4, -0.2) is 23.9 Å². The Hall–Kier alpha value is -1.57. The van der Waals surface area contributed by atoms with Crippen LogP contribution < -0.4 is 0 Å². The Kier molecular flexibility index (Phi) is 5.63. The standard InChI is InChI=1S/C16H23NO/c1-5-8-17(9-6-2)16(18)15-11-13(4)10-14(7-3)12-15/h7,10-12H,3,5-6,8-9H2,1-2,4H3. The third-order valence-electron chi connectivity index (χ3n) is 2.86. The molecule has 2 nitrogen and oxygen atoms in total. The molecule has 0 bridgehead atoms. The molecule has 0 aliphatic heterocycles. The van der Waals surface area contributed by atoms with Gasteiger partial charge in [0.2, 0.25) is 0 Å². The van der Waals surface area contributed by atoms with Gasteiger partial charge < -0.3 is 4.90 Å². The summed E-state index contributed by atoms with van der Waals surface area (Å²) in [4.78, 5) is 14.4. The molecule has 0 atom stereocenters. The minimum Gasteiger partial charge on any atom is -0.339 e. The number of carbonyl (C=O) groups excluding carboxylic acids is 1. The molecule has 0 N–H and O–H groups in total. The van der Waals surface area contributed by atoms with Crippen molar-refractivity contribution in [1.29, 1.82) is 0 Å². The van der Waals surface area contributed by atoms with Crippen molar-refractivity contribution in [3.05, 3.63) is 41.5 Å². The molecule has 0 aliphatic rings. The number of amides is 1. The maximum atomic E-state index is 12.4. The van der Waals surface area contributed by atoms with E-state index in [2.05, 4.69) is 20.4 Å². The van der Waals surface area contributed by atoms with Crippen LogP contribution in [0.2, 0.25) is 0 Å². The maximum absolute atomic E-state index is 12.4. The molecule has 0 spiro atoms. The lowest BCUT2D eigenvalue weighted by Gasteiger charge is -2.22. The Morgan fingerprint density at radius 2 is 1.83 bits per heavy atom. The summed E-state index contributed by atoms with van der Waals surface area (Å²) in [6.45, 7) is 11.6. The SMILES string of the molecule is C=Cc1cc(C)cc(C(=O)N(CCC)CCC)c1. The molecule has 1 aromatic rings. The van der Waals surface area contributed by atoms with Crippen LogP contribution in [-0.2, 0) is 0 Å². The van der Waals surface area contributed by atoms with Crippen LogP contribution in [0.25, 0.3) is 6.08 Å². The summed E-state index contributed by atoms with van der Waals surface area (Å²) in [6, 6.07) is 5.90. The zero-order chi connectivity index (χ0) is 13.5. The topological polar surface area (TPSA) is 20.3 Å². The quantitative estimate of drug-likeness (QED) is 0.744. The fourth-order valence-corrected chi connectivity index (χ4v) is 2.09. The lowest BCUT2D eigenvalue weighted by molar-refractivity contribution is 0.0755. The van der Waals surface area contributed by atoms with E-state index >= 15 is 0 Å². The molecule has 0 radical (unpaired) electrons. The van der Waals surface area contributed by atoms with Gasteiger partial charge in [-0.05, 0) is 43.0 Å². The van der Waals surface area contributed by atoms with Crippen LogP contribution in [0.3, 0.4) is 0 Å². The van der Waals surface area contributed by atoms with Gasteiger partial charge in [-0.25, -0.2) is 0 Å². The second-order valence-corrected chi connectivity index (χ2v) is 4.63. The van der Waals surface area contributed by atoms with E-state index < -0.39 is 0 Å². The Morgan fingerprint density at radius 3 is 2.33 bits per heavy atom. The van der Waals surface area contributed by atoms with Gasteiger partial charge in [-0.15, -0.1) is 0 Å². The zero-order valence-electron chi connectivity index (χ0n) is 11.7. The Morgan fingerprint density at radius 1 is 1.22 bits per heavy atom.